The van der Waals surface area contributed by atoms with Crippen molar-refractivity contribution >= 4 is 16.9 Å². The van der Waals surface area contributed by atoms with Crippen molar-refractivity contribution < 1.29 is 16.0 Å². The van der Waals surface area contributed by atoms with Gasteiger partial charge in [0.05, 0.1) is 0 Å². The van der Waals surface area contributed by atoms with Crippen LogP contribution in [0.4, 0.5) is 0 Å². The fourth-order valence-corrected chi connectivity index (χ4v) is 0.642. The van der Waals surface area contributed by atoms with Gasteiger partial charge in [-0.3, -0.25) is 0 Å². The zero-order valence-electron chi connectivity index (χ0n) is 4.17. The number of hydrogen-bond donors (Lipinski definition) is 0. The molecule has 0 aromatic heterocycles. The van der Waals surface area contributed by atoms with Crippen molar-refractivity contribution in [2.45, 2.75) is 0 Å². The Morgan fingerprint density at radius 2 is 1.50 bits per heavy atom. The van der Waals surface area contributed by atoms with E-state index in [1.165, 1.54) is 0 Å². The average Bonchev–Trinajstić information content (AvgIpc) is 1.69. The van der Waals surface area contributed by atoms with Gasteiger partial charge in [-0.05, 0) is 0 Å². The van der Waals surface area contributed by atoms with E-state index in [-0.39, 0.29) is 12.4 Å². The molecule has 44 valence electrons. The molecule has 0 N–H and O–H groups in total. The molecule has 0 nitrogen and oxygen atoms in total. The number of rotatable bonds is 0. The third-order valence-electron chi connectivity index (χ3n) is 0.733. The summed E-state index contributed by atoms with van der Waals surface area (Å²) >= 11 is 3.31. The topological polar surface area (TPSA) is 0 Å². The fraction of sp³-hybridized carbons (Fsp3) is 0. The van der Waals surface area contributed by atoms with Crippen LogP contribution in [0.5, 0.6) is 0 Å². The Kier molecular flexibility index (Phi) is 3.98. The summed E-state index contributed by atoms with van der Waals surface area (Å²) in [5.74, 6) is 0. The van der Waals surface area contributed by atoms with E-state index in [2.05, 4.69) is 16.0 Å². The van der Waals surface area contributed by atoms with Crippen LogP contribution in [-0.4, -0.2) is 0 Å². The van der Waals surface area contributed by atoms with Gasteiger partial charge in [-0.15, -0.1) is 12.4 Å². The summed E-state index contributed by atoms with van der Waals surface area (Å²) in [6.45, 7) is 0. The summed E-state index contributed by atoms with van der Waals surface area (Å²) < 4.78 is 1.13. The van der Waals surface area contributed by atoms with Crippen LogP contribution < -0.4 is 4.46 Å². The van der Waals surface area contributed by atoms with Crippen molar-refractivity contribution in [3.8, 4) is 0 Å². The van der Waals surface area contributed by atoms with Gasteiger partial charge in [0.2, 0.25) is 0 Å². The molecule has 0 spiro atoms. The molecule has 0 aliphatic carbocycles. The summed E-state index contributed by atoms with van der Waals surface area (Å²) in [6.07, 6.45) is 0. The Morgan fingerprint density at radius 1 is 1.00 bits per heavy atom. The van der Waals surface area contributed by atoms with E-state index < -0.39 is 0 Å². The van der Waals surface area contributed by atoms with Crippen LogP contribution >= 0.6 is 12.4 Å². The molecule has 0 atom stereocenters. The van der Waals surface area contributed by atoms with E-state index in [0.29, 0.717) is 0 Å². The first kappa shape index (κ1) is 8.03. The SMILES string of the molecule is Cl.[Mn][c]1ccccc1. The first-order chi connectivity index (χ1) is 3.39. The van der Waals surface area contributed by atoms with Gasteiger partial charge in [0.1, 0.15) is 0 Å². The minimum absolute atomic E-state index is 0. The molecule has 1 aromatic carbocycles. The van der Waals surface area contributed by atoms with Gasteiger partial charge in [0.15, 0.2) is 0 Å². The molecule has 0 aliphatic rings. The van der Waals surface area contributed by atoms with E-state index >= 15 is 0 Å². The normalized spacial score (nSPS) is 7.62. The molecule has 0 unspecified atom stereocenters. The maximum atomic E-state index is 3.31. The molecule has 8 heavy (non-hydrogen) atoms. The quantitative estimate of drug-likeness (QED) is 0.512. The molecule has 1 aromatic rings. The zero-order chi connectivity index (χ0) is 5.11. The summed E-state index contributed by atoms with van der Waals surface area (Å²) in [4.78, 5) is 0. The Morgan fingerprint density at radius 3 is 1.75 bits per heavy atom. The summed E-state index contributed by atoms with van der Waals surface area (Å²) in [6, 6.07) is 9.97. The van der Waals surface area contributed by atoms with Crippen LogP contribution in [0.2, 0.25) is 0 Å². The Hall–Kier alpha value is 0.0295. The third kappa shape index (κ3) is 2.37. The second-order valence-corrected chi connectivity index (χ2v) is 1.98. The molecule has 0 heterocycles. The molecule has 0 fully saturated rings. The molecule has 2 heteroatoms. The fourth-order valence-electron chi connectivity index (χ4n) is 0.415. The monoisotopic (exact) mass is 168 g/mol. The van der Waals surface area contributed by atoms with Gasteiger partial charge < -0.3 is 0 Å². The molecule has 0 amide bonds. The molecule has 0 aliphatic heterocycles. The van der Waals surface area contributed by atoms with Gasteiger partial charge in [-0.25, -0.2) is 0 Å². The predicted molar refractivity (Wildman–Crippen MR) is 33.3 cm³/mol. The first-order valence-electron chi connectivity index (χ1n) is 2.10. The second-order valence-electron chi connectivity index (χ2n) is 1.30. The van der Waals surface area contributed by atoms with Crippen LogP contribution in [0.25, 0.3) is 0 Å². The number of halogens is 1. The van der Waals surface area contributed by atoms with Crippen molar-refractivity contribution in [1.82, 2.24) is 0 Å². The molecular weight excluding hydrogens is 162 g/mol. The van der Waals surface area contributed by atoms with E-state index in [0.717, 1.165) is 4.46 Å². The van der Waals surface area contributed by atoms with Gasteiger partial charge >= 0.3 is 50.8 Å². The van der Waals surface area contributed by atoms with E-state index in [1.54, 1.807) is 0 Å². The standard InChI is InChI=1S/C6H5.ClH.Mn/c1-2-4-6-5-3-1;;/h1-5H;1H;. The minimum atomic E-state index is 0. The van der Waals surface area contributed by atoms with Gasteiger partial charge in [0.25, 0.3) is 0 Å². The summed E-state index contributed by atoms with van der Waals surface area (Å²) in [5, 5.41) is 0. The molecule has 1 rings (SSSR count). The average molecular weight is 169 g/mol. The van der Waals surface area contributed by atoms with E-state index in [1.807, 2.05) is 30.3 Å². The van der Waals surface area contributed by atoms with Crippen LogP contribution in [0.1, 0.15) is 0 Å². The zero-order valence-corrected chi connectivity index (χ0v) is 6.17. The van der Waals surface area contributed by atoms with Crippen LogP contribution in [0, 0.1) is 0 Å². The maximum absolute atomic E-state index is 3.31. The summed E-state index contributed by atoms with van der Waals surface area (Å²) in [5.41, 5.74) is 0. The van der Waals surface area contributed by atoms with E-state index in [4.69, 9.17) is 0 Å². The molecule has 0 bridgehead atoms. The molecule has 0 radical (unpaired) electrons. The second kappa shape index (κ2) is 3.96. The van der Waals surface area contributed by atoms with Crippen molar-refractivity contribution in [1.29, 1.82) is 0 Å². The Bertz CT molecular complexity index is 138. The van der Waals surface area contributed by atoms with Crippen molar-refractivity contribution in [3.63, 3.8) is 0 Å². The van der Waals surface area contributed by atoms with Crippen molar-refractivity contribution in [2.75, 3.05) is 0 Å². The van der Waals surface area contributed by atoms with Crippen LogP contribution in [0.15, 0.2) is 30.3 Å². The Labute approximate surface area is 63.5 Å². The van der Waals surface area contributed by atoms with Gasteiger partial charge in [0, 0.05) is 0 Å². The number of hydrogen-bond acceptors (Lipinski definition) is 0. The van der Waals surface area contributed by atoms with Gasteiger partial charge in [-0.1, -0.05) is 0 Å². The molecule has 0 saturated carbocycles. The van der Waals surface area contributed by atoms with Crippen LogP contribution in [0.3, 0.4) is 0 Å². The van der Waals surface area contributed by atoms with Crippen LogP contribution in [-0.2, 0) is 16.0 Å². The van der Waals surface area contributed by atoms with Gasteiger partial charge in [-0.2, -0.15) is 0 Å². The number of benzene rings is 1. The molecule has 0 saturated heterocycles. The summed E-state index contributed by atoms with van der Waals surface area (Å²) in [7, 11) is 0. The molecular formula is C6H6ClMn. The van der Waals surface area contributed by atoms with E-state index in [9.17, 15) is 0 Å². The first-order valence-corrected chi connectivity index (χ1v) is 2.69. The predicted octanol–water partition coefficient (Wildman–Crippen LogP) is 1.28. The van der Waals surface area contributed by atoms with Crippen molar-refractivity contribution in [2.24, 2.45) is 0 Å². The van der Waals surface area contributed by atoms with Crippen molar-refractivity contribution in [3.05, 3.63) is 30.3 Å². The Balaban J connectivity index is 0.000000490. The third-order valence-corrected chi connectivity index (χ3v) is 1.13.